The van der Waals surface area contributed by atoms with Crippen LogP contribution >= 0.6 is 0 Å². The number of methoxy groups -OCH3 is 1. The minimum absolute atomic E-state index is 0.181. The van der Waals surface area contributed by atoms with Crippen LogP contribution in [0.5, 0.6) is 0 Å². The highest BCUT2D eigenvalue weighted by Gasteiger charge is 2.35. The van der Waals surface area contributed by atoms with E-state index in [1.54, 1.807) is 7.11 Å². The molecule has 0 aromatic rings. The van der Waals surface area contributed by atoms with E-state index in [1.807, 2.05) is 13.8 Å². The molecule has 4 heteroatoms. The molecule has 0 radical (unpaired) electrons. The third-order valence-corrected chi connectivity index (χ3v) is 3.00. The average molecular weight is 215 g/mol. The van der Waals surface area contributed by atoms with Gasteiger partial charge in [-0.2, -0.15) is 0 Å². The SMILES string of the molecule is COC(C)(C)CCNC(C(=O)O)C1CC1. The summed E-state index contributed by atoms with van der Waals surface area (Å²) >= 11 is 0. The van der Waals surface area contributed by atoms with Crippen LogP contribution in [0.1, 0.15) is 33.1 Å². The summed E-state index contributed by atoms with van der Waals surface area (Å²) in [6.07, 6.45) is 2.90. The van der Waals surface area contributed by atoms with Gasteiger partial charge in [0.2, 0.25) is 0 Å². The summed E-state index contributed by atoms with van der Waals surface area (Å²) in [5, 5.41) is 12.1. The molecule has 1 atom stereocenters. The molecule has 1 unspecified atom stereocenters. The summed E-state index contributed by atoms with van der Waals surface area (Å²) in [4.78, 5) is 10.9. The van der Waals surface area contributed by atoms with Crippen molar-refractivity contribution in [1.29, 1.82) is 0 Å². The van der Waals surface area contributed by atoms with Crippen molar-refractivity contribution in [2.45, 2.75) is 44.8 Å². The van der Waals surface area contributed by atoms with Crippen LogP contribution in [0, 0.1) is 5.92 Å². The molecule has 0 spiro atoms. The van der Waals surface area contributed by atoms with Crippen LogP contribution < -0.4 is 5.32 Å². The lowest BCUT2D eigenvalue weighted by atomic mass is 10.0. The Morgan fingerprint density at radius 1 is 1.60 bits per heavy atom. The van der Waals surface area contributed by atoms with Gasteiger partial charge in [0.25, 0.3) is 0 Å². The quantitative estimate of drug-likeness (QED) is 0.671. The van der Waals surface area contributed by atoms with Crippen molar-refractivity contribution in [3.05, 3.63) is 0 Å². The fourth-order valence-electron chi connectivity index (χ4n) is 1.52. The van der Waals surface area contributed by atoms with Crippen molar-refractivity contribution >= 4 is 5.97 Å². The molecule has 15 heavy (non-hydrogen) atoms. The predicted molar refractivity (Wildman–Crippen MR) is 57.9 cm³/mol. The van der Waals surface area contributed by atoms with E-state index in [0.29, 0.717) is 12.5 Å². The maximum Gasteiger partial charge on any atom is 0.320 e. The van der Waals surface area contributed by atoms with Crippen LogP contribution in [-0.4, -0.2) is 36.4 Å². The molecular formula is C11H21NO3. The van der Waals surface area contributed by atoms with Crippen molar-refractivity contribution in [3.8, 4) is 0 Å². The number of ether oxygens (including phenoxy) is 1. The minimum atomic E-state index is -0.729. The van der Waals surface area contributed by atoms with Gasteiger partial charge in [0.05, 0.1) is 5.60 Å². The molecule has 88 valence electrons. The van der Waals surface area contributed by atoms with E-state index in [1.165, 1.54) is 0 Å². The first kappa shape index (κ1) is 12.5. The highest BCUT2D eigenvalue weighted by molar-refractivity contribution is 5.74. The van der Waals surface area contributed by atoms with Crippen molar-refractivity contribution < 1.29 is 14.6 Å². The monoisotopic (exact) mass is 215 g/mol. The molecular weight excluding hydrogens is 194 g/mol. The first-order valence-corrected chi connectivity index (χ1v) is 5.47. The van der Waals surface area contributed by atoms with Crippen LogP contribution in [-0.2, 0) is 9.53 Å². The molecule has 0 heterocycles. The second-order valence-electron chi connectivity index (χ2n) is 4.82. The molecule has 0 bridgehead atoms. The summed E-state index contributed by atoms with van der Waals surface area (Å²) in [5.41, 5.74) is -0.181. The molecule has 4 nitrogen and oxygen atoms in total. The van der Waals surface area contributed by atoms with E-state index in [0.717, 1.165) is 19.3 Å². The fraction of sp³-hybridized carbons (Fsp3) is 0.909. The van der Waals surface area contributed by atoms with E-state index in [2.05, 4.69) is 5.32 Å². The number of carboxylic acids is 1. The van der Waals surface area contributed by atoms with Gasteiger partial charge in [-0.25, -0.2) is 0 Å². The Balaban J connectivity index is 2.25. The normalized spacial score (nSPS) is 18.9. The molecule has 0 aliphatic heterocycles. The zero-order valence-corrected chi connectivity index (χ0v) is 9.75. The highest BCUT2D eigenvalue weighted by Crippen LogP contribution is 2.32. The molecule has 1 rings (SSSR count). The van der Waals surface area contributed by atoms with Gasteiger partial charge in [0.15, 0.2) is 0 Å². The van der Waals surface area contributed by atoms with Gasteiger partial charge in [0.1, 0.15) is 6.04 Å². The molecule has 1 saturated carbocycles. The van der Waals surface area contributed by atoms with Gasteiger partial charge < -0.3 is 15.2 Å². The molecule has 1 fully saturated rings. The molecule has 1 aliphatic rings. The summed E-state index contributed by atoms with van der Waals surface area (Å²) in [7, 11) is 1.68. The number of hydrogen-bond donors (Lipinski definition) is 2. The van der Waals surface area contributed by atoms with Gasteiger partial charge in [0, 0.05) is 7.11 Å². The molecule has 0 aromatic heterocycles. The van der Waals surface area contributed by atoms with E-state index >= 15 is 0 Å². The van der Waals surface area contributed by atoms with Gasteiger partial charge in [-0.15, -0.1) is 0 Å². The van der Waals surface area contributed by atoms with E-state index in [9.17, 15) is 4.79 Å². The standard InChI is InChI=1S/C11H21NO3/c1-11(2,15-3)6-7-12-9(10(13)14)8-4-5-8/h8-9,12H,4-7H2,1-3H3,(H,13,14). The number of hydrogen-bond acceptors (Lipinski definition) is 3. The number of carboxylic acid groups (broad SMARTS) is 1. The Hall–Kier alpha value is -0.610. The second-order valence-corrected chi connectivity index (χ2v) is 4.82. The Morgan fingerprint density at radius 2 is 2.20 bits per heavy atom. The maximum atomic E-state index is 10.9. The summed E-state index contributed by atoms with van der Waals surface area (Å²) < 4.78 is 5.27. The van der Waals surface area contributed by atoms with E-state index < -0.39 is 5.97 Å². The molecule has 0 aromatic carbocycles. The third kappa shape index (κ3) is 4.18. The summed E-state index contributed by atoms with van der Waals surface area (Å²) in [6.45, 7) is 4.69. The minimum Gasteiger partial charge on any atom is -0.480 e. The number of nitrogens with one attached hydrogen (secondary N) is 1. The zero-order valence-electron chi connectivity index (χ0n) is 9.75. The van der Waals surface area contributed by atoms with Gasteiger partial charge >= 0.3 is 5.97 Å². The average Bonchev–Trinajstić information content (AvgIpc) is 2.95. The number of rotatable bonds is 7. The fourth-order valence-corrected chi connectivity index (χ4v) is 1.52. The van der Waals surface area contributed by atoms with Crippen LogP contribution in [0.15, 0.2) is 0 Å². The first-order valence-electron chi connectivity index (χ1n) is 5.47. The van der Waals surface area contributed by atoms with Gasteiger partial charge in [-0.05, 0) is 45.6 Å². The zero-order chi connectivity index (χ0) is 11.5. The van der Waals surface area contributed by atoms with Crippen molar-refractivity contribution in [1.82, 2.24) is 5.32 Å². The Kier molecular flexibility index (Phi) is 4.11. The predicted octanol–water partition coefficient (Wildman–Crippen LogP) is 1.25. The van der Waals surface area contributed by atoms with Crippen LogP contribution in [0.3, 0.4) is 0 Å². The third-order valence-electron chi connectivity index (χ3n) is 3.00. The Bertz CT molecular complexity index is 224. The first-order chi connectivity index (χ1) is 6.96. The van der Waals surface area contributed by atoms with E-state index in [4.69, 9.17) is 9.84 Å². The van der Waals surface area contributed by atoms with Crippen molar-refractivity contribution in [3.63, 3.8) is 0 Å². The highest BCUT2D eigenvalue weighted by atomic mass is 16.5. The second kappa shape index (κ2) is 4.94. The van der Waals surface area contributed by atoms with Crippen LogP contribution in [0.2, 0.25) is 0 Å². The Morgan fingerprint density at radius 3 is 2.60 bits per heavy atom. The lowest BCUT2D eigenvalue weighted by Gasteiger charge is -2.24. The number of aliphatic carboxylic acids is 1. The van der Waals surface area contributed by atoms with E-state index in [-0.39, 0.29) is 11.6 Å². The van der Waals surface area contributed by atoms with Crippen molar-refractivity contribution in [2.24, 2.45) is 5.92 Å². The largest absolute Gasteiger partial charge is 0.480 e. The topological polar surface area (TPSA) is 58.6 Å². The lowest BCUT2D eigenvalue weighted by Crippen LogP contribution is -2.41. The van der Waals surface area contributed by atoms with Crippen LogP contribution in [0.4, 0.5) is 0 Å². The molecule has 0 amide bonds. The summed E-state index contributed by atoms with van der Waals surface area (Å²) in [6, 6.07) is -0.363. The number of carbonyl (C=O) groups is 1. The van der Waals surface area contributed by atoms with Gasteiger partial charge in [-0.1, -0.05) is 0 Å². The summed E-state index contributed by atoms with van der Waals surface area (Å²) in [5.74, 6) is -0.388. The van der Waals surface area contributed by atoms with Crippen molar-refractivity contribution in [2.75, 3.05) is 13.7 Å². The van der Waals surface area contributed by atoms with Crippen LogP contribution in [0.25, 0.3) is 0 Å². The molecule has 2 N–H and O–H groups in total. The molecule has 1 aliphatic carbocycles. The maximum absolute atomic E-state index is 10.9. The smallest absolute Gasteiger partial charge is 0.320 e. The molecule has 0 saturated heterocycles. The Labute approximate surface area is 91.0 Å². The lowest BCUT2D eigenvalue weighted by molar-refractivity contribution is -0.140. The van der Waals surface area contributed by atoms with Gasteiger partial charge in [-0.3, -0.25) is 4.79 Å².